The van der Waals surface area contributed by atoms with E-state index in [1.165, 1.54) is 54.7 Å². The molecule has 184 valence electrons. The third-order valence-electron chi connectivity index (χ3n) is 4.84. The van der Waals surface area contributed by atoms with Crippen LogP contribution in [0.4, 0.5) is 23.7 Å². The minimum atomic E-state index is -1.31. The lowest BCUT2D eigenvalue weighted by atomic mass is 9.84. The molecule has 6 nitrogen and oxygen atoms in total. The lowest BCUT2D eigenvalue weighted by molar-refractivity contribution is -0.118. The van der Waals surface area contributed by atoms with Gasteiger partial charge in [0.2, 0.25) is 5.91 Å². The minimum absolute atomic E-state index is 0.101. The SMILES string of the molecule is CC(C)(C)OC(=O)N[C@H](C(=O)Nc1cncc(F)c1I)C(c1ccc(F)cc1)c1ccc(F)cc1. The Morgan fingerprint density at radius 3 is 1.91 bits per heavy atom. The fraction of sp³-hybridized carbons (Fsp3) is 0.240. The van der Waals surface area contributed by atoms with E-state index in [0.29, 0.717) is 11.1 Å². The van der Waals surface area contributed by atoms with Gasteiger partial charge in [0, 0.05) is 5.92 Å². The monoisotopic (exact) mass is 597 g/mol. The molecule has 0 aliphatic heterocycles. The number of ether oxygens (including phenoxy) is 1. The van der Waals surface area contributed by atoms with Crippen LogP contribution in [0, 0.1) is 21.0 Å². The molecule has 3 rings (SSSR count). The summed E-state index contributed by atoms with van der Waals surface area (Å²) in [4.78, 5) is 30.0. The Hall–Kier alpha value is -3.15. The normalized spacial score (nSPS) is 12.2. The molecule has 3 aromatic rings. The summed E-state index contributed by atoms with van der Waals surface area (Å²) in [5, 5.41) is 5.17. The molecule has 0 aliphatic carbocycles. The van der Waals surface area contributed by atoms with Gasteiger partial charge in [-0.1, -0.05) is 24.3 Å². The molecule has 1 heterocycles. The molecule has 0 fully saturated rings. The Morgan fingerprint density at radius 1 is 0.914 bits per heavy atom. The van der Waals surface area contributed by atoms with Gasteiger partial charge in [0.1, 0.15) is 23.3 Å². The summed E-state index contributed by atoms with van der Waals surface area (Å²) >= 11 is 1.73. The fourth-order valence-corrected chi connectivity index (χ4v) is 3.78. The van der Waals surface area contributed by atoms with Crippen LogP contribution in [0.3, 0.4) is 0 Å². The molecule has 0 saturated heterocycles. The van der Waals surface area contributed by atoms with Gasteiger partial charge in [0.15, 0.2) is 5.82 Å². The van der Waals surface area contributed by atoms with Crippen molar-refractivity contribution in [3.63, 3.8) is 0 Å². The highest BCUT2D eigenvalue weighted by molar-refractivity contribution is 14.1. The molecule has 10 heteroatoms. The van der Waals surface area contributed by atoms with E-state index in [9.17, 15) is 22.8 Å². The van der Waals surface area contributed by atoms with E-state index in [4.69, 9.17) is 4.74 Å². The second-order valence-corrected chi connectivity index (χ2v) is 9.76. The van der Waals surface area contributed by atoms with Crippen LogP contribution in [0.5, 0.6) is 0 Å². The third kappa shape index (κ3) is 7.17. The van der Waals surface area contributed by atoms with Crippen LogP contribution in [-0.2, 0) is 9.53 Å². The number of nitrogens with zero attached hydrogens (tertiary/aromatic N) is 1. The zero-order valence-electron chi connectivity index (χ0n) is 19.1. The molecule has 0 saturated carbocycles. The van der Waals surface area contributed by atoms with Gasteiger partial charge in [-0.2, -0.15) is 0 Å². The molecule has 2 aromatic carbocycles. The van der Waals surface area contributed by atoms with Crippen molar-refractivity contribution >= 4 is 40.3 Å². The van der Waals surface area contributed by atoms with Gasteiger partial charge in [-0.05, 0) is 78.8 Å². The second-order valence-electron chi connectivity index (χ2n) is 8.68. The maximum Gasteiger partial charge on any atom is 0.408 e. The molecular weight excluding hydrogens is 574 g/mol. The summed E-state index contributed by atoms with van der Waals surface area (Å²) < 4.78 is 46.8. The van der Waals surface area contributed by atoms with E-state index in [-0.39, 0.29) is 9.26 Å². The Bertz CT molecular complexity index is 1150. The first kappa shape index (κ1) is 26.5. The summed E-state index contributed by atoms with van der Waals surface area (Å²) in [7, 11) is 0. The maximum atomic E-state index is 14.0. The number of aromatic nitrogens is 1. The van der Waals surface area contributed by atoms with Crippen molar-refractivity contribution in [3.05, 3.63) is 93.1 Å². The molecule has 0 spiro atoms. The lowest BCUT2D eigenvalue weighted by Crippen LogP contribution is -2.49. The predicted molar refractivity (Wildman–Crippen MR) is 133 cm³/mol. The smallest absolute Gasteiger partial charge is 0.408 e. The van der Waals surface area contributed by atoms with E-state index in [1.807, 2.05) is 0 Å². The van der Waals surface area contributed by atoms with Gasteiger partial charge in [-0.3, -0.25) is 9.78 Å². The van der Waals surface area contributed by atoms with Gasteiger partial charge in [0.25, 0.3) is 0 Å². The first-order valence-electron chi connectivity index (χ1n) is 10.5. The first-order chi connectivity index (χ1) is 16.4. The van der Waals surface area contributed by atoms with Crippen molar-refractivity contribution in [2.75, 3.05) is 5.32 Å². The van der Waals surface area contributed by atoms with Crippen molar-refractivity contribution in [3.8, 4) is 0 Å². The van der Waals surface area contributed by atoms with Crippen molar-refractivity contribution in [2.24, 2.45) is 0 Å². The number of benzene rings is 2. The number of alkyl carbamates (subject to hydrolysis) is 1. The summed E-state index contributed by atoms with van der Waals surface area (Å²) in [5.74, 6) is -3.20. The lowest BCUT2D eigenvalue weighted by Gasteiger charge is -2.29. The number of amides is 2. The average Bonchev–Trinajstić information content (AvgIpc) is 2.77. The number of rotatable bonds is 6. The molecule has 2 N–H and O–H groups in total. The van der Waals surface area contributed by atoms with E-state index in [1.54, 1.807) is 43.4 Å². The van der Waals surface area contributed by atoms with E-state index in [2.05, 4.69) is 15.6 Å². The number of anilines is 1. The largest absolute Gasteiger partial charge is 0.444 e. The van der Waals surface area contributed by atoms with Crippen LogP contribution in [0.2, 0.25) is 0 Å². The first-order valence-corrected chi connectivity index (χ1v) is 11.6. The number of pyridine rings is 1. The zero-order valence-corrected chi connectivity index (χ0v) is 21.3. The van der Waals surface area contributed by atoms with Gasteiger partial charge >= 0.3 is 6.09 Å². The average molecular weight is 597 g/mol. The standard InChI is InChI=1S/C25H23F3IN3O3/c1-25(2,3)35-24(34)32-22(23(33)31-19-13-30-12-18(28)21(19)29)20(14-4-8-16(26)9-5-14)15-6-10-17(27)11-7-15/h4-13,20,22H,1-3H3,(H,31,33)(H,32,34)/t22-/m0/s1. The highest BCUT2D eigenvalue weighted by Gasteiger charge is 2.34. The summed E-state index contributed by atoms with van der Waals surface area (Å²) in [5.41, 5.74) is 0.194. The van der Waals surface area contributed by atoms with E-state index >= 15 is 0 Å². The number of hydrogen-bond acceptors (Lipinski definition) is 4. The van der Waals surface area contributed by atoms with E-state index < -0.39 is 47.0 Å². The highest BCUT2D eigenvalue weighted by Crippen LogP contribution is 2.30. The molecule has 0 aliphatic rings. The van der Waals surface area contributed by atoms with Crippen molar-refractivity contribution in [1.29, 1.82) is 0 Å². The minimum Gasteiger partial charge on any atom is -0.444 e. The van der Waals surface area contributed by atoms with Gasteiger partial charge in [-0.25, -0.2) is 18.0 Å². The van der Waals surface area contributed by atoms with Crippen LogP contribution >= 0.6 is 22.6 Å². The Kier molecular flexibility index (Phi) is 8.36. The van der Waals surface area contributed by atoms with Crippen LogP contribution in [-0.4, -0.2) is 28.6 Å². The Labute approximate surface area is 214 Å². The van der Waals surface area contributed by atoms with Crippen LogP contribution in [0.25, 0.3) is 0 Å². The van der Waals surface area contributed by atoms with Crippen LogP contribution < -0.4 is 10.6 Å². The molecule has 0 bridgehead atoms. The Morgan fingerprint density at radius 2 is 1.43 bits per heavy atom. The molecule has 2 amide bonds. The summed E-state index contributed by atoms with van der Waals surface area (Å²) in [6.45, 7) is 5.00. The summed E-state index contributed by atoms with van der Waals surface area (Å²) in [6, 6.07) is 9.42. The number of carbonyl (C=O) groups is 2. The quantitative estimate of drug-likeness (QED) is 0.354. The van der Waals surface area contributed by atoms with Crippen molar-refractivity contribution in [2.45, 2.75) is 38.3 Å². The topological polar surface area (TPSA) is 80.3 Å². The van der Waals surface area contributed by atoms with Crippen molar-refractivity contribution < 1.29 is 27.5 Å². The van der Waals surface area contributed by atoms with Crippen LogP contribution in [0.15, 0.2) is 60.9 Å². The molecule has 0 radical (unpaired) electrons. The van der Waals surface area contributed by atoms with Gasteiger partial charge in [-0.15, -0.1) is 0 Å². The maximum absolute atomic E-state index is 14.0. The highest BCUT2D eigenvalue weighted by atomic mass is 127. The molecule has 1 atom stereocenters. The number of halogens is 4. The van der Waals surface area contributed by atoms with E-state index in [0.717, 1.165) is 6.20 Å². The molecule has 1 aromatic heterocycles. The van der Waals surface area contributed by atoms with Gasteiger partial charge < -0.3 is 15.4 Å². The molecule has 0 unspecified atom stereocenters. The van der Waals surface area contributed by atoms with Crippen molar-refractivity contribution in [1.82, 2.24) is 10.3 Å². The molecular formula is C25H23F3IN3O3. The zero-order chi connectivity index (χ0) is 25.8. The number of carbonyl (C=O) groups excluding carboxylic acids is 2. The third-order valence-corrected chi connectivity index (χ3v) is 5.94. The van der Waals surface area contributed by atoms with Gasteiger partial charge in [0.05, 0.1) is 21.7 Å². The fourth-order valence-electron chi connectivity index (χ4n) is 3.37. The predicted octanol–water partition coefficient (Wildman–Crippen LogP) is 5.77. The Balaban J connectivity index is 2.08. The summed E-state index contributed by atoms with van der Waals surface area (Å²) in [6.07, 6.45) is 1.41. The number of hydrogen-bond donors (Lipinski definition) is 2. The number of nitrogens with one attached hydrogen (secondary N) is 2. The molecule has 35 heavy (non-hydrogen) atoms. The second kappa shape index (κ2) is 11.1. The van der Waals surface area contributed by atoms with Crippen LogP contribution in [0.1, 0.15) is 37.8 Å².